The molecule has 0 unspecified atom stereocenters. The van der Waals surface area contributed by atoms with Crippen molar-refractivity contribution in [3.05, 3.63) is 189 Å². The van der Waals surface area contributed by atoms with Crippen LogP contribution in [0.15, 0.2) is 143 Å². The van der Waals surface area contributed by atoms with E-state index in [1.807, 2.05) is 147 Å². The van der Waals surface area contributed by atoms with Crippen LogP contribution >= 0.6 is 23.5 Å². The van der Waals surface area contributed by atoms with Gasteiger partial charge in [-0.1, -0.05) is 59.8 Å². The highest BCUT2D eigenvalue weighted by molar-refractivity contribution is 7.99. The zero-order valence-corrected chi connectivity index (χ0v) is 36.8. The fourth-order valence-electron chi connectivity index (χ4n) is 5.86. The van der Waals surface area contributed by atoms with Gasteiger partial charge in [0.25, 0.3) is 0 Å². The molecule has 62 heavy (non-hydrogen) atoms. The average molecular weight is 855 g/mol. The summed E-state index contributed by atoms with van der Waals surface area (Å²) in [6.45, 7) is 8.59. The van der Waals surface area contributed by atoms with E-state index in [1.54, 1.807) is 23.5 Å². The number of carbonyl (C=O) groups excluding carboxylic acids is 2. The lowest BCUT2D eigenvalue weighted by Crippen LogP contribution is -2.02. The van der Waals surface area contributed by atoms with Gasteiger partial charge in [0.2, 0.25) is 0 Å². The summed E-state index contributed by atoms with van der Waals surface area (Å²) in [4.78, 5) is 24.0. The first-order chi connectivity index (χ1) is 30.1. The van der Waals surface area contributed by atoms with Crippen LogP contribution in [-0.2, 0) is 32.3 Å². The third kappa shape index (κ3) is 15.1. The molecule has 0 aliphatic rings. The number of thioether (sulfide) groups is 2. The van der Waals surface area contributed by atoms with Crippen LogP contribution in [0.25, 0.3) is 0 Å². The molecule has 0 fully saturated rings. The molecule has 6 aromatic rings. The van der Waals surface area contributed by atoms with Gasteiger partial charge in [0, 0.05) is 68.5 Å². The van der Waals surface area contributed by atoms with E-state index in [0.29, 0.717) is 37.9 Å². The Morgan fingerprint density at radius 2 is 0.742 bits per heavy atom. The van der Waals surface area contributed by atoms with Gasteiger partial charge in [-0.3, -0.25) is 9.59 Å². The zero-order valence-electron chi connectivity index (χ0n) is 35.2. The molecule has 6 aromatic carbocycles. The van der Waals surface area contributed by atoms with Gasteiger partial charge in [-0.25, -0.2) is 0 Å². The van der Waals surface area contributed by atoms with Crippen molar-refractivity contribution in [3.8, 4) is 47.0 Å². The van der Waals surface area contributed by atoms with Crippen molar-refractivity contribution in [2.75, 3.05) is 24.7 Å². The largest absolute Gasteiger partial charge is 0.489 e. The van der Waals surface area contributed by atoms with E-state index in [0.717, 1.165) is 76.9 Å². The molecule has 0 saturated carbocycles. The van der Waals surface area contributed by atoms with Crippen LogP contribution in [0.1, 0.15) is 69.5 Å². The van der Waals surface area contributed by atoms with Crippen molar-refractivity contribution >= 4 is 35.5 Å². The average Bonchev–Trinajstić information content (AvgIpc) is 3.28. The van der Waals surface area contributed by atoms with Gasteiger partial charge in [0.05, 0.1) is 0 Å². The zero-order chi connectivity index (χ0) is 43.5. The molecule has 6 rings (SSSR count). The Morgan fingerprint density at radius 3 is 1.06 bits per heavy atom. The van der Waals surface area contributed by atoms with Crippen molar-refractivity contribution in [2.45, 2.75) is 50.7 Å². The van der Waals surface area contributed by atoms with E-state index in [2.05, 4.69) is 35.5 Å². The topological polar surface area (TPSA) is 71.1 Å². The monoisotopic (exact) mass is 854 g/mol. The summed E-state index contributed by atoms with van der Waals surface area (Å²) in [7, 11) is 0. The number of benzene rings is 6. The predicted molar refractivity (Wildman–Crippen MR) is 249 cm³/mol. The fourth-order valence-corrected chi connectivity index (χ4v) is 7.32. The maximum absolute atomic E-state index is 10.9. The summed E-state index contributed by atoms with van der Waals surface area (Å²) in [5.41, 5.74) is 9.73. The minimum absolute atomic E-state index is 0.257. The molecule has 0 N–H and O–H groups in total. The molecule has 8 heteroatoms. The van der Waals surface area contributed by atoms with Crippen molar-refractivity contribution in [2.24, 2.45) is 0 Å². The van der Waals surface area contributed by atoms with Gasteiger partial charge in [-0.15, -0.1) is 23.5 Å². The molecule has 6 nitrogen and oxygen atoms in total. The maximum atomic E-state index is 10.9. The van der Waals surface area contributed by atoms with Crippen LogP contribution in [0.3, 0.4) is 0 Å². The minimum Gasteiger partial charge on any atom is -0.489 e. The SMILES string of the molecule is CC(=O)OCCSc1ccc(C#Cc2ccc(OCc3ccc(C#Cc4ccc(COc5ccc(C#Cc6ccc(SCCOC(C)=O)cc6)cc5C)cc4)cc3)c(C)c2)cc1. The van der Waals surface area contributed by atoms with Crippen molar-refractivity contribution < 1.29 is 28.5 Å². The van der Waals surface area contributed by atoms with Crippen LogP contribution in [0.5, 0.6) is 11.5 Å². The number of ether oxygens (including phenoxy) is 4. The van der Waals surface area contributed by atoms with E-state index in [-0.39, 0.29) is 11.9 Å². The highest BCUT2D eigenvalue weighted by Gasteiger charge is 2.05. The molecule has 0 saturated heterocycles. The Morgan fingerprint density at radius 1 is 0.435 bits per heavy atom. The van der Waals surface area contributed by atoms with Gasteiger partial charge in [0.15, 0.2) is 0 Å². The summed E-state index contributed by atoms with van der Waals surface area (Å²) in [5.74, 6) is 22.1. The van der Waals surface area contributed by atoms with Crippen LogP contribution in [-0.4, -0.2) is 36.7 Å². The molecule has 0 radical (unpaired) electrons. The Hall–Kier alpha value is -6.76. The lowest BCUT2D eigenvalue weighted by molar-refractivity contribution is -0.141. The van der Waals surface area contributed by atoms with Crippen molar-refractivity contribution in [3.63, 3.8) is 0 Å². The minimum atomic E-state index is -0.257. The van der Waals surface area contributed by atoms with E-state index in [4.69, 9.17) is 18.9 Å². The highest BCUT2D eigenvalue weighted by Crippen LogP contribution is 2.23. The molecular formula is C54H46O6S2. The van der Waals surface area contributed by atoms with Crippen LogP contribution < -0.4 is 9.47 Å². The summed E-state index contributed by atoms with van der Waals surface area (Å²) in [5, 5.41) is 0. The third-order valence-corrected chi connectivity index (χ3v) is 11.1. The smallest absolute Gasteiger partial charge is 0.302 e. The van der Waals surface area contributed by atoms with Gasteiger partial charge < -0.3 is 18.9 Å². The molecule has 0 bridgehead atoms. The normalized spacial score (nSPS) is 10.2. The van der Waals surface area contributed by atoms with Crippen molar-refractivity contribution in [1.29, 1.82) is 0 Å². The number of carbonyl (C=O) groups is 2. The standard InChI is InChI=1S/C54H46O6S2/c1-39-35-47(13-7-45-19-25-51(26-20-45)61-33-31-57-41(3)55)23-29-53(39)59-37-49-15-9-43(10-16-49)5-6-44-11-17-50(18-12-44)38-60-54-30-24-48(36-40(54)2)14-8-46-21-27-52(28-22-46)62-34-32-58-42(4)56/h9-12,15-30,35-36H,31-34,37-38H2,1-4H3. The first kappa shape index (κ1) is 44.8. The van der Waals surface area contributed by atoms with Crippen LogP contribution in [0.2, 0.25) is 0 Å². The van der Waals surface area contributed by atoms with E-state index >= 15 is 0 Å². The predicted octanol–water partition coefficient (Wildman–Crippen LogP) is 11.0. The quantitative estimate of drug-likeness (QED) is 0.0464. The maximum Gasteiger partial charge on any atom is 0.302 e. The number of rotatable bonds is 14. The van der Waals surface area contributed by atoms with E-state index in [1.165, 1.54) is 13.8 Å². The number of aryl methyl sites for hydroxylation is 2. The van der Waals surface area contributed by atoms with Gasteiger partial charge in [0.1, 0.15) is 37.9 Å². The lowest BCUT2D eigenvalue weighted by atomic mass is 10.1. The second-order valence-electron chi connectivity index (χ2n) is 14.1. The molecule has 0 atom stereocenters. The van der Waals surface area contributed by atoms with Gasteiger partial charge in [-0.2, -0.15) is 0 Å². The molecular weight excluding hydrogens is 809 g/mol. The Kier molecular flexibility index (Phi) is 16.8. The van der Waals surface area contributed by atoms with Crippen LogP contribution in [0, 0.1) is 49.4 Å². The number of esters is 2. The van der Waals surface area contributed by atoms with Gasteiger partial charge in [-0.05, 0) is 145 Å². The summed E-state index contributed by atoms with van der Waals surface area (Å²) in [6, 6.07) is 44.3. The first-order valence-electron chi connectivity index (χ1n) is 20.1. The lowest BCUT2D eigenvalue weighted by Gasteiger charge is -2.10. The van der Waals surface area contributed by atoms with Gasteiger partial charge >= 0.3 is 11.9 Å². The fraction of sp³-hybridized carbons (Fsp3) is 0.185. The Balaban J connectivity index is 0.925. The summed E-state index contributed by atoms with van der Waals surface area (Å²) in [6.07, 6.45) is 0. The van der Waals surface area contributed by atoms with Crippen molar-refractivity contribution in [1.82, 2.24) is 0 Å². The first-order valence-corrected chi connectivity index (χ1v) is 22.1. The molecule has 0 aromatic heterocycles. The second kappa shape index (κ2) is 23.3. The third-order valence-electron chi connectivity index (χ3n) is 9.12. The van der Waals surface area contributed by atoms with Crippen LogP contribution in [0.4, 0.5) is 0 Å². The van der Waals surface area contributed by atoms with E-state index in [9.17, 15) is 9.59 Å². The molecule has 0 aliphatic carbocycles. The Bertz CT molecular complexity index is 2470. The summed E-state index contributed by atoms with van der Waals surface area (Å²) >= 11 is 3.28. The molecule has 0 amide bonds. The summed E-state index contributed by atoms with van der Waals surface area (Å²) < 4.78 is 22.3. The highest BCUT2D eigenvalue weighted by atomic mass is 32.2. The molecule has 0 aliphatic heterocycles. The second-order valence-corrected chi connectivity index (χ2v) is 16.4. The molecule has 0 spiro atoms. The Labute approximate surface area is 373 Å². The number of hydrogen-bond acceptors (Lipinski definition) is 8. The molecule has 310 valence electrons. The number of hydrogen-bond donors (Lipinski definition) is 0. The molecule has 0 heterocycles. The van der Waals surface area contributed by atoms with E-state index < -0.39 is 0 Å².